The largest absolute Gasteiger partial charge is 0.466 e. The Kier molecular flexibility index (Phi) is 5.03. The first-order valence-electron chi connectivity index (χ1n) is 5.87. The molecule has 1 aromatic heterocycles. The van der Waals surface area contributed by atoms with Crippen molar-refractivity contribution >= 4 is 25.8 Å². The highest BCUT2D eigenvalue weighted by atomic mass is 79.9. The first kappa shape index (κ1) is 15.7. The molecular weight excluding hydrogens is 318 g/mol. The third-order valence-corrected chi connectivity index (χ3v) is 5.96. The van der Waals surface area contributed by atoms with E-state index in [1.54, 1.807) is 26.2 Å². The van der Waals surface area contributed by atoms with Crippen molar-refractivity contribution in [3.05, 3.63) is 22.6 Å². The second-order valence-corrected chi connectivity index (χ2v) is 8.35. The monoisotopic (exact) mass is 337 g/mol. The molecule has 1 atom stereocenters. The second kappa shape index (κ2) is 5.75. The average molecular weight is 338 g/mol. The Balaban J connectivity index is 3.18. The molecule has 0 saturated heterocycles. The fraction of sp³-hybridized carbons (Fsp3) is 0.667. The van der Waals surface area contributed by atoms with Crippen molar-refractivity contribution in [1.29, 1.82) is 0 Å². The van der Waals surface area contributed by atoms with Crippen LogP contribution in [0.15, 0.2) is 21.2 Å². The van der Waals surface area contributed by atoms with E-state index in [2.05, 4.69) is 21.2 Å². The summed E-state index contributed by atoms with van der Waals surface area (Å²) < 4.78 is 29.2. The molecule has 4 nitrogen and oxygen atoms in total. The van der Waals surface area contributed by atoms with E-state index in [0.717, 1.165) is 17.4 Å². The maximum absolute atomic E-state index is 12.0. The van der Waals surface area contributed by atoms with Crippen molar-refractivity contribution in [3.8, 4) is 0 Å². The summed E-state index contributed by atoms with van der Waals surface area (Å²) in [5, 5.41) is 3.26. The summed E-state index contributed by atoms with van der Waals surface area (Å²) in [6.07, 6.45) is 3.73. The lowest BCUT2D eigenvalue weighted by atomic mass is 10.0. The molecule has 0 aliphatic carbocycles. The fourth-order valence-electron chi connectivity index (χ4n) is 1.67. The van der Waals surface area contributed by atoms with Crippen LogP contribution in [0.5, 0.6) is 0 Å². The maximum atomic E-state index is 12.0. The molecule has 1 rings (SSSR count). The molecule has 0 aliphatic heterocycles. The summed E-state index contributed by atoms with van der Waals surface area (Å²) in [6.45, 7) is 6.20. The van der Waals surface area contributed by atoms with Crippen LogP contribution >= 0.6 is 15.9 Å². The molecule has 0 radical (unpaired) electrons. The number of rotatable bonds is 6. The van der Waals surface area contributed by atoms with E-state index in [-0.39, 0.29) is 6.04 Å². The van der Waals surface area contributed by atoms with Gasteiger partial charge in [0.2, 0.25) is 0 Å². The number of hydrogen-bond donors (Lipinski definition) is 1. The van der Waals surface area contributed by atoms with Gasteiger partial charge in [0.1, 0.15) is 5.76 Å². The van der Waals surface area contributed by atoms with Gasteiger partial charge in [-0.25, -0.2) is 8.42 Å². The molecule has 0 spiro atoms. The minimum Gasteiger partial charge on any atom is -0.466 e. The third kappa shape index (κ3) is 3.16. The van der Waals surface area contributed by atoms with Gasteiger partial charge in [-0.05, 0) is 48.8 Å². The summed E-state index contributed by atoms with van der Waals surface area (Å²) in [4.78, 5) is 0. The zero-order valence-corrected chi connectivity index (χ0v) is 13.6. The molecule has 1 aromatic rings. The lowest BCUT2D eigenvalue weighted by Gasteiger charge is -2.32. The number of sulfone groups is 1. The van der Waals surface area contributed by atoms with Crippen LogP contribution in [0.1, 0.15) is 39.0 Å². The van der Waals surface area contributed by atoms with Gasteiger partial charge in [0.05, 0.1) is 21.5 Å². The van der Waals surface area contributed by atoms with Crippen LogP contribution < -0.4 is 5.32 Å². The van der Waals surface area contributed by atoms with E-state index in [1.165, 1.54) is 6.26 Å². The second-order valence-electron chi connectivity index (χ2n) is 4.90. The topological polar surface area (TPSA) is 59.3 Å². The van der Waals surface area contributed by atoms with Gasteiger partial charge < -0.3 is 9.73 Å². The Morgan fingerprint density at radius 2 is 2.11 bits per heavy atom. The highest BCUT2D eigenvalue weighted by Crippen LogP contribution is 2.36. The standard InChI is InChI=1S/C12H20BrNO3S/c1-5-7-14-11(10-9(13)6-8-17-10)12(2,3)18(4,15)16/h6,8,11,14H,5,7H2,1-4H3. The van der Waals surface area contributed by atoms with Gasteiger partial charge in [-0.3, -0.25) is 0 Å². The van der Waals surface area contributed by atoms with E-state index >= 15 is 0 Å². The van der Waals surface area contributed by atoms with E-state index < -0.39 is 14.6 Å². The summed E-state index contributed by atoms with van der Waals surface area (Å²) >= 11 is 3.39. The van der Waals surface area contributed by atoms with Crippen molar-refractivity contribution in [3.63, 3.8) is 0 Å². The lowest BCUT2D eigenvalue weighted by molar-refractivity contribution is 0.350. The van der Waals surface area contributed by atoms with Gasteiger partial charge >= 0.3 is 0 Å². The van der Waals surface area contributed by atoms with Crippen LogP contribution in [0.25, 0.3) is 0 Å². The molecule has 6 heteroatoms. The Morgan fingerprint density at radius 3 is 2.50 bits per heavy atom. The highest BCUT2D eigenvalue weighted by molar-refractivity contribution is 9.10. The quantitative estimate of drug-likeness (QED) is 0.866. The zero-order valence-electron chi connectivity index (χ0n) is 11.2. The summed E-state index contributed by atoms with van der Waals surface area (Å²) in [5.41, 5.74) is 0. The zero-order chi connectivity index (χ0) is 14.0. The van der Waals surface area contributed by atoms with Crippen LogP contribution in [-0.4, -0.2) is 26.0 Å². The van der Waals surface area contributed by atoms with Gasteiger partial charge in [0.15, 0.2) is 9.84 Å². The molecular formula is C12H20BrNO3S. The molecule has 18 heavy (non-hydrogen) atoms. The molecule has 0 bridgehead atoms. The van der Waals surface area contributed by atoms with Gasteiger partial charge in [0, 0.05) is 6.26 Å². The Labute approximate surface area is 117 Å². The number of furan rings is 1. The Bertz CT molecular complexity index is 493. The molecule has 1 N–H and O–H groups in total. The summed E-state index contributed by atoms with van der Waals surface area (Å²) in [5.74, 6) is 0.624. The normalized spacial score (nSPS) is 14.7. The molecule has 1 heterocycles. The molecule has 0 aliphatic rings. The van der Waals surface area contributed by atoms with Crippen LogP contribution in [0.4, 0.5) is 0 Å². The van der Waals surface area contributed by atoms with Crippen molar-refractivity contribution in [2.45, 2.75) is 38.0 Å². The molecule has 1 unspecified atom stereocenters. The fourth-order valence-corrected chi connectivity index (χ4v) is 2.72. The van der Waals surface area contributed by atoms with Crippen LogP contribution in [0.3, 0.4) is 0 Å². The Morgan fingerprint density at radius 1 is 1.50 bits per heavy atom. The SMILES string of the molecule is CCCNC(c1occc1Br)C(C)(C)S(C)(=O)=O. The average Bonchev–Trinajstić information content (AvgIpc) is 2.63. The van der Waals surface area contributed by atoms with Crippen LogP contribution in [0.2, 0.25) is 0 Å². The molecule has 0 aromatic carbocycles. The number of nitrogens with one attached hydrogen (secondary N) is 1. The summed E-state index contributed by atoms with van der Waals surface area (Å²) in [7, 11) is -3.22. The van der Waals surface area contributed by atoms with Gasteiger partial charge in [-0.15, -0.1) is 0 Å². The molecule has 0 fully saturated rings. The van der Waals surface area contributed by atoms with E-state index in [4.69, 9.17) is 4.42 Å². The molecule has 0 amide bonds. The van der Waals surface area contributed by atoms with Crippen LogP contribution in [0, 0.1) is 0 Å². The van der Waals surface area contributed by atoms with Gasteiger partial charge in [-0.1, -0.05) is 6.92 Å². The Hall–Kier alpha value is -0.330. The number of hydrogen-bond acceptors (Lipinski definition) is 4. The van der Waals surface area contributed by atoms with E-state index in [0.29, 0.717) is 5.76 Å². The van der Waals surface area contributed by atoms with Gasteiger partial charge in [0.25, 0.3) is 0 Å². The smallest absolute Gasteiger partial charge is 0.154 e. The summed E-state index contributed by atoms with van der Waals surface area (Å²) in [6, 6.07) is 1.39. The highest BCUT2D eigenvalue weighted by Gasteiger charge is 2.42. The predicted octanol–water partition coefficient (Wildman–Crippen LogP) is 2.91. The van der Waals surface area contributed by atoms with Gasteiger partial charge in [-0.2, -0.15) is 0 Å². The van der Waals surface area contributed by atoms with Crippen molar-refractivity contribution in [2.24, 2.45) is 0 Å². The predicted molar refractivity (Wildman–Crippen MR) is 76.4 cm³/mol. The minimum atomic E-state index is -3.22. The molecule has 0 saturated carbocycles. The minimum absolute atomic E-state index is 0.378. The van der Waals surface area contributed by atoms with E-state index in [9.17, 15) is 8.42 Å². The molecule has 104 valence electrons. The number of halogens is 1. The third-order valence-electron chi connectivity index (χ3n) is 3.16. The first-order chi connectivity index (χ1) is 8.21. The first-order valence-corrected chi connectivity index (χ1v) is 8.56. The maximum Gasteiger partial charge on any atom is 0.154 e. The van der Waals surface area contributed by atoms with Crippen molar-refractivity contribution < 1.29 is 12.8 Å². The van der Waals surface area contributed by atoms with Crippen molar-refractivity contribution in [1.82, 2.24) is 5.32 Å². The van der Waals surface area contributed by atoms with Crippen LogP contribution in [-0.2, 0) is 9.84 Å². The lowest BCUT2D eigenvalue weighted by Crippen LogP contribution is -2.45. The van der Waals surface area contributed by atoms with E-state index in [1.807, 2.05) is 6.92 Å². The van der Waals surface area contributed by atoms with Crippen molar-refractivity contribution in [2.75, 3.05) is 12.8 Å².